The third kappa shape index (κ3) is 3.15. The second-order valence-electron chi connectivity index (χ2n) is 6.00. The highest BCUT2D eigenvalue weighted by Crippen LogP contribution is 2.37. The zero-order valence-corrected chi connectivity index (χ0v) is 13.0. The monoisotopic (exact) mass is 303 g/mol. The van der Waals surface area contributed by atoms with Crippen LogP contribution in [-0.2, 0) is 14.8 Å². The molecule has 2 rings (SSSR count). The lowest BCUT2D eigenvalue weighted by molar-refractivity contribution is -0.144. The minimum absolute atomic E-state index is 0.132. The molecule has 1 saturated carbocycles. The van der Waals surface area contributed by atoms with Crippen molar-refractivity contribution in [3.05, 3.63) is 0 Å². The van der Waals surface area contributed by atoms with Gasteiger partial charge in [0.25, 0.3) is 0 Å². The molecule has 1 aliphatic carbocycles. The van der Waals surface area contributed by atoms with E-state index in [1.165, 1.54) is 17.0 Å². The molecule has 0 aromatic rings. The summed E-state index contributed by atoms with van der Waals surface area (Å²) in [5, 5.41) is 0. The van der Waals surface area contributed by atoms with Crippen LogP contribution < -0.4 is 5.73 Å². The Bertz CT molecular complexity index is 449. The molecule has 7 heteroatoms. The van der Waals surface area contributed by atoms with Crippen molar-refractivity contribution in [2.75, 3.05) is 39.0 Å². The van der Waals surface area contributed by atoms with Crippen LogP contribution in [0.5, 0.6) is 0 Å². The Morgan fingerprint density at radius 3 is 2.10 bits per heavy atom. The topological polar surface area (TPSA) is 83.7 Å². The first-order chi connectivity index (χ1) is 9.39. The van der Waals surface area contributed by atoms with Crippen LogP contribution >= 0.6 is 0 Å². The smallest absolute Gasteiger partial charge is 0.230 e. The van der Waals surface area contributed by atoms with E-state index < -0.39 is 15.4 Å². The minimum atomic E-state index is -3.15. The van der Waals surface area contributed by atoms with Crippen LogP contribution in [0, 0.1) is 5.41 Å². The molecule has 0 atom stereocenters. The highest BCUT2D eigenvalue weighted by Gasteiger charge is 2.41. The van der Waals surface area contributed by atoms with Gasteiger partial charge in [-0.05, 0) is 12.8 Å². The molecular weight excluding hydrogens is 278 g/mol. The van der Waals surface area contributed by atoms with Crippen LogP contribution in [0.25, 0.3) is 0 Å². The fourth-order valence-corrected chi connectivity index (χ4v) is 4.12. The minimum Gasteiger partial charge on any atom is -0.340 e. The van der Waals surface area contributed by atoms with E-state index in [-0.39, 0.29) is 5.91 Å². The molecule has 6 nitrogen and oxygen atoms in total. The molecule has 0 aromatic carbocycles. The van der Waals surface area contributed by atoms with Crippen molar-refractivity contribution in [1.29, 1.82) is 0 Å². The second-order valence-corrected chi connectivity index (χ2v) is 7.98. The van der Waals surface area contributed by atoms with Crippen LogP contribution in [0.1, 0.15) is 32.1 Å². The molecule has 2 N–H and O–H groups in total. The van der Waals surface area contributed by atoms with Crippen molar-refractivity contribution in [2.24, 2.45) is 11.1 Å². The van der Waals surface area contributed by atoms with Crippen LogP contribution in [-0.4, -0.2) is 62.5 Å². The summed E-state index contributed by atoms with van der Waals surface area (Å²) in [4.78, 5) is 14.5. The Labute approximate surface area is 121 Å². The Hall–Kier alpha value is -0.660. The summed E-state index contributed by atoms with van der Waals surface area (Å²) in [5.41, 5.74) is 5.49. The van der Waals surface area contributed by atoms with Crippen LogP contribution in [0.15, 0.2) is 0 Å². The van der Waals surface area contributed by atoms with Crippen molar-refractivity contribution in [3.8, 4) is 0 Å². The lowest BCUT2D eigenvalue weighted by Crippen LogP contribution is -2.56. The maximum Gasteiger partial charge on any atom is 0.230 e. The van der Waals surface area contributed by atoms with E-state index in [1.807, 2.05) is 0 Å². The van der Waals surface area contributed by atoms with E-state index in [4.69, 9.17) is 5.73 Å². The maximum atomic E-state index is 12.7. The quantitative estimate of drug-likeness (QED) is 0.795. The van der Waals surface area contributed by atoms with Gasteiger partial charge in [0.1, 0.15) is 0 Å². The van der Waals surface area contributed by atoms with Gasteiger partial charge in [0.2, 0.25) is 15.9 Å². The van der Waals surface area contributed by atoms with Gasteiger partial charge < -0.3 is 10.6 Å². The van der Waals surface area contributed by atoms with Crippen molar-refractivity contribution < 1.29 is 13.2 Å². The van der Waals surface area contributed by atoms with Crippen molar-refractivity contribution in [2.45, 2.75) is 32.1 Å². The molecule has 1 saturated heterocycles. The molecular formula is C13H25N3O3S. The normalized spacial score (nSPS) is 24.6. The molecule has 2 fully saturated rings. The number of sulfonamides is 1. The van der Waals surface area contributed by atoms with Crippen LogP contribution in [0.2, 0.25) is 0 Å². The lowest BCUT2D eigenvalue weighted by Gasteiger charge is -2.41. The number of hydrogen-bond acceptors (Lipinski definition) is 4. The van der Waals surface area contributed by atoms with Crippen molar-refractivity contribution >= 4 is 15.9 Å². The van der Waals surface area contributed by atoms with Crippen molar-refractivity contribution in [3.63, 3.8) is 0 Å². The van der Waals surface area contributed by atoms with Gasteiger partial charge in [0, 0.05) is 32.7 Å². The lowest BCUT2D eigenvalue weighted by atomic mass is 9.73. The van der Waals surface area contributed by atoms with E-state index in [0.717, 1.165) is 25.7 Å². The van der Waals surface area contributed by atoms with Crippen LogP contribution in [0.3, 0.4) is 0 Å². The number of nitrogens with zero attached hydrogens (tertiary/aromatic N) is 2. The molecule has 0 unspecified atom stereocenters. The van der Waals surface area contributed by atoms with Gasteiger partial charge in [-0.15, -0.1) is 0 Å². The predicted molar refractivity (Wildman–Crippen MR) is 77.6 cm³/mol. The van der Waals surface area contributed by atoms with E-state index >= 15 is 0 Å². The highest BCUT2D eigenvalue weighted by atomic mass is 32.2. The average Bonchev–Trinajstić information content (AvgIpc) is 2.46. The molecule has 1 amide bonds. The second kappa shape index (κ2) is 5.99. The first-order valence-electron chi connectivity index (χ1n) is 7.34. The Morgan fingerprint density at radius 1 is 1.10 bits per heavy atom. The molecule has 1 aliphatic heterocycles. The summed E-state index contributed by atoms with van der Waals surface area (Å²) in [7, 11) is -3.15. The van der Waals surface area contributed by atoms with Gasteiger partial charge in [0.15, 0.2) is 0 Å². The Balaban J connectivity index is 2.00. The predicted octanol–water partition coefficient (Wildman–Crippen LogP) is -0.000600. The number of piperazine rings is 1. The number of carbonyl (C=O) groups excluding carboxylic acids is 1. The summed E-state index contributed by atoms with van der Waals surface area (Å²) in [5.74, 6) is 0.132. The van der Waals surface area contributed by atoms with Gasteiger partial charge in [-0.1, -0.05) is 19.3 Å². The number of carbonyl (C=O) groups is 1. The van der Waals surface area contributed by atoms with E-state index in [1.54, 1.807) is 4.90 Å². The maximum absolute atomic E-state index is 12.7. The summed E-state index contributed by atoms with van der Waals surface area (Å²) in [6, 6.07) is 0. The third-order valence-corrected chi connectivity index (χ3v) is 5.95. The number of hydrogen-bond donors (Lipinski definition) is 1. The molecule has 0 spiro atoms. The summed E-state index contributed by atoms with van der Waals surface area (Å²) in [6.07, 6.45) is 6.26. The average molecular weight is 303 g/mol. The van der Waals surface area contributed by atoms with Gasteiger partial charge in [-0.2, -0.15) is 4.31 Å². The number of amides is 1. The zero-order valence-electron chi connectivity index (χ0n) is 12.2. The molecule has 1 heterocycles. The first-order valence-corrected chi connectivity index (χ1v) is 9.18. The SMILES string of the molecule is CS(=O)(=O)N1CCN(C(=O)C2(CN)CCCCC2)CC1. The van der Waals surface area contributed by atoms with Gasteiger partial charge in [-0.3, -0.25) is 4.79 Å². The highest BCUT2D eigenvalue weighted by molar-refractivity contribution is 7.88. The summed E-state index contributed by atoms with van der Waals surface area (Å²) < 4.78 is 24.4. The summed E-state index contributed by atoms with van der Waals surface area (Å²) >= 11 is 0. The van der Waals surface area contributed by atoms with Gasteiger partial charge >= 0.3 is 0 Å². The molecule has 2 aliphatic rings. The molecule has 116 valence electrons. The van der Waals surface area contributed by atoms with E-state index in [9.17, 15) is 13.2 Å². The van der Waals surface area contributed by atoms with Crippen LogP contribution in [0.4, 0.5) is 0 Å². The Morgan fingerprint density at radius 2 is 1.65 bits per heavy atom. The Kier molecular flexibility index (Phi) is 4.71. The number of nitrogens with two attached hydrogens (primary N) is 1. The third-order valence-electron chi connectivity index (χ3n) is 4.65. The first kappa shape index (κ1) is 15.7. The van der Waals surface area contributed by atoms with Gasteiger partial charge in [-0.25, -0.2) is 8.42 Å². The van der Waals surface area contributed by atoms with E-state index in [2.05, 4.69) is 0 Å². The molecule has 0 aromatic heterocycles. The fraction of sp³-hybridized carbons (Fsp3) is 0.923. The molecule has 20 heavy (non-hydrogen) atoms. The van der Waals surface area contributed by atoms with Gasteiger partial charge in [0.05, 0.1) is 11.7 Å². The largest absolute Gasteiger partial charge is 0.340 e. The molecule has 0 radical (unpaired) electrons. The zero-order chi connectivity index (χ0) is 14.8. The fourth-order valence-electron chi connectivity index (χ4n) is 3.29. The molecule has 0 bridgehead atoms. The van der Waals surface area contributed by atoms with Crippen molar-refractivity contribution in [1.82, 2.24) is 9.21 Å². The standard InChI is InChI=1S/C13H25N3O3S/c1-20(18,19)16-9-7-15(8-10-16)12(17)13(11-14)5-3-2-4-6-13/h2-11,14H2,1H3. The van der Waals surface area contributed by atoms with E-state index in [0.29, 0.717) is 32.7 Å². The summed E-state index contributed by atoms with van der Waals surface area (Å²) in [6.45, 7) is 2.15. The number of rotatable bonds is 3.